The van der Waals surface area contributed by atoms with Crippen LogP contribution in [0.2, 0.25) is 0 Å². The summed E-state index contributed by atoms with van der Waals surface area (Å²) in [7, 11) is 0. The molecule has 20 heavy (non-hydrogen) atoms. The first kappa shape index (κ1) is 14.5. The Morgan fingerprint density at radius 3 is 2.70 bits per heavy atom. The summed E-state index contributed by atoms with van der Waals surface area (Å²) in [6.45, 7) is 7.34. The third kappa shape index (κ3) is 2.40. The first-order valence-electron chi connectivity index (χ1n) is 6.75. The summed E-state index contributed by atoms with van der Waals surface area (Å²) in [6.07, 6.45) is 2.21. The summed E-state index contributed by atoms with van der Waals surface area (Å²) in [5.74, 6) is 6.93. The van der Waals surface area contributed by atoms with Gasteiger partial charge in [0.25, 0.3) is 0 Å². The SMILES string of the molecule is CC(C)c1c(NN)ncnc1N1CCC(C)(C(N)=O)C1. The van der Waals surface area contributed by atoms with E-state index in [4.69, 9.17) is 11.6 Å². The van der Waals surface area contributed by atoms with Crippen molar-refractivity contribution >= 4 is 17.5 Å². The third-order valence-corrected chi connectivity index (χ3v) is 3.94. The van der Waals surface area contributed by atoms with Gasteiger partial charge < -0.3 is 16.1 Å². The van der Waals surface area contributed by atoms with E-state index in [9.17, 15) is 4.79 Å². The molecule has 1 aliphatic rings. The Kier molecular flexibility index (Phi) is 3.80. The quantitative estimate of drug-likeness (QED) is 0.549. The molecule has 1 unspecified atom stereocenters. The zero-order chi connectivity index (χ0) is 14.9. The molecular formula is C13H22N6O. The van der Waals surface area contributed by atoms with E-state index in [1.54, 1.807) is 0 Å². The van der Waals surface area contributed by atoms with E-state index in [-0.39, 0.29) is 11.8 Å². The molecule has 7 nitrogen and oxygen atoms in total. The van der Waals surface area contributed by atoms with Crippen molar-refractivity contribution in [2.75, 3.05) is 23.4 Å². The van der Waals surface area contributed by atoms with Crippen molar-refractivity contribution < 1.29 is 4.79 Å². The van der Waals surface area contributed by atoms with Crippen LogP contribution < -0.4 is 21.9 Å². The second-order valence-electron chi connectivity index (χ2n) is 5.86. The highest BCUT2D eigenvalue weighted by molar-refractivity contribution is 5.82. The van der Waals surface area contributed by atoms with Crippen LogP contribution in [0.25, 0.3) is 0 Å². The van der Waals surface area contributed by atoms with E-state index in [0.29, 0.717) is 12.4 Å². The second-order valence-corrected chi connectivity index (χ2v) is 5.86. The molecule has 7 heteroatoms. The van der Waals surface area contributed by atoms with Crippen molar-refractivity contribution in [2.45, 2.75) is 33.1 Å². The van der Waals surface area contributed by atoms with Crippen molar-refractivity contribution in [3.63, 3.8) is 0 Å². The molecule has 0 aromatic carbocycles. The third-order valence-electron chi connectivity index (χ3n) is 3.94. The summed E-state index contributed by atoms with van der Waals surface area (Å²) in [5, 5.41) is 0. The van der Waals surface area contributed by atoms with Crippen molar-refractivity contribution in [1.82, 2.24) is 9.97 Å². The maximum absolute atomic E-state index is 11.6. The highest BCUT2D eigenvalue weighted by Crippen LogP contribution is 2.37. The standard InChI is InChI=1S/C13H22N6O/c1-8(2)9-10(18-15)16-7-17-11(9)19-5-4-13(3,6-19)12(14)20/h7-8H,4-6,15H2,1-3H3,(H2,14,20)(H,16,17,18). The number of hydrogen-bond acceptors (Lipinski definition) is 6. The number of anilines is 2. The Labute approximate surface area is 118 Å². The molecule has 0 aliphatic carbocycles. The summed E-state index contributed by atoms with van der Waals surface area (Å²) >= 11 is 0. The number of nitrogens with one attached hydrogen (secondary N) is 1. The minimum atomic E-state index is -0.504. The predicted octanol–water partition coefficient (Wildman–Crippen LogP) is 0.587. The van der Waals surface area contributed by atoms with E-state index in [0.717, 1.165) is 24.3 Å². The number of amides is 1. The molecule has 5 N–H and O–H groups in total. The largest absolute Gasteiger partial charge is 0.369 e. The Morgan fingerprint density at radius 1 is 1.50 bits per heavy atom. The number of hydrazine groups is 1. The molecule has 0 bridgehead atoms. The van der Waals surface area contributed by atoms with Gasteiger partial charge in [-0.05, 0) is 19.3 Å². The molecule has 1 aromatic heterocycles. The van der Waals surface area contributed by atoms with Crippen molar-refractivity contribution in [3.8, 4) is 0 Å². The van der Waals surface area contributed by atoms with Crippen LogP contribution >= 0.6 is 0 Å². The van der Waals surface area contributed by atoms with Gasteiger partial charge in [-0.3, -0.25) is 4.79 Å². The van der Waals surface area contributed by atoms with Gasteiger partial charge in [0.2, 0.25) is 5.91 Å². The minimum Gasteiger partial charge on any atom is -0.369 e. The predicted molar refractivity (Wildman–Crippen MR) is 78.1 cm³/mol. The van der Waals surface area contributed by atoms with E-state index in [2.05, 4.69) is 34.1 Å². The number of carbonyl (C=O) groups is 1. The van der Waals surface area contributed by atoms with Crippen LogP contribution in [0.3, 0.4) is 0 Å². The number of carbonyl (C=O) groups excluding carboxylic acids is 1. The van der Waals surface area contributed by atoms with Crippen LogP contribution in [0.5, 0.6) is 0 Å². The average Bonchev–Trinajstić information content (AvgIpc) is 2.81. The van der Waals surface area contributed by atoms with Crippen LogP contribution in [0.15, 0.2) is 6.33 Å². The topological polar surface area (TPSA) is 110 Å². The molecule has 0 spiro atoms. The Morgan fingerprint density at radius 2 is 2.20 bits per heavy atom. The van der Waals surface area contributed by atoms with Crippen LogP contribution in [0.1, 0.15) is 38.7 Å². The number of primary amides is 1. The molecule has 1 aliphatic heterocycles. The van der Waals surface area contributed by atoms with E-state index >= 15 is 0 Å². The van der Waals surface area contributed by atoms with Gasteiger partial charge in [0, 0.05) is 18.7 Å². The van der Waals surface area contributed by atoms with Crippen molar-refractivity contribution in [1.29, 1.82) is 0 Å². The van der Waals surface area contributed by atoms with Crippen LogP contribution in [0.4, 0.5) is 11.6 Å². The van der Waals surface area contributed by atoms with Gasteiger partial charge in [-0.2, -0.15) is 0 Å². The van der Waals surface area contributed by atoms with Crippen LogP contribution in [-0.4, -0.2) is 29.0 Å². The van der Waals surface area contributed by atoms with Crippen molar-refractivity contribution in [3.05, 3.63) is 11.9 Å². The van der Waals surface area contributed by atoms with E-state index < -0.39 is 5.41 Å². The van der Waals surface area contributed by atoms with Gasteiger partial charge in [0.05, 0.1) is 5.41 Å². The molecule has 2 rings (SSSR count). The lowest BCUT2D eigenvalue weighted by Crippen LogP contribution is -2.37. The first-order chi connectivity index (χ1) is 9.39. The van der Waals surface area contributed by atoms with Gasteiger partial charge in [-0.1, -0.05) is 13.8 Å². The maximum atomic E-state index is 11.6. The minimum absolute atomic E-state index is 0.220. The van der Waals surface area contributed by atoms with Gasteiger partial charge in [-0.15, -0.1) is 0 Å². The summed E-state index contributed by atoms with van der Waals surface area (Å²) < 4.78 is 0. The number of hydrogen-bond donors (Lipinski definition) is 3. The number of nitrogens with two attached hydrogens (primary N) is 2. The summed E-state index contributed by atoms with van der Waals surface area (Å²) in [4.78, 5) is 22.2. The normalized spacial score (nSPS) is 22.4. The monoisotopic (exact) mass is 278 g/mol. The Hall–Kier alpha value is -1.89. The molecule has 0 radical (unpaired) electrons. The number of nitrogen functional groups attached to an aromatic ring is 1. The summed E-state index contributed by atoms with van der Waals surface area (Å²) in [6, 6.07) is 0. The molecule has 0 saturated carbocycles. The molecule has 1 aromatic rings. The van der Waals surface area contributed by atoms with Crippen molar-refractivity contribution in [2.24, 2.45) is 17.0 Å². The average molecular weight is 278 g/mol. The van der Waals surface area contributed by atoms with Gasteiger partial charge >= 0.3 is 0 Å². The molecule has 1 amide bonds. The maximum Gasteiger partial charge on any atom is 0.225 e. The number of aromatic nitrogens is 2. The smallest absolute Gasteiger partial charge is 0.225 e. The van der Waals surface area contributed by atoms with Crippen LogP contribution in [0, 0.1) is 5.41 Å². The summed E-state index contributed by atoms with van der Waals surface area (Å²) in [5.41, 5.74) is 8.57. The molecule has 1 fully saturated rings. The number of nitrogens with zero attached hydrogens (tertiary/aromatic N) is 3. The molecule has 110 valence electrons. The Bertz CT molecular complexity index is 518. The van der Waals surface area contributed by atoms with Gasteiger partial charge in [-0.25, -0.2) is 15.8 Å². The lowest BCUT2D eigenvalue weighted by Gasteiger charge is -2.25. The lowest BCUT2D eigenvalue weighted by molar-refractivity contribution is -0.125. The second kappa shape index (κ2) is 5.24. The zero-order valence-corrected chi connectivity index (χ0v) is 12.2. The highest BCUT2D eigenvalue weighted by Gasteiger charge is 2.40. The molecular weight excluding hydrogens is 256 g/mol. The fourth-order valence-corrected chi connectivity index (χ4v) is 2.63. The fraction of sp³-hybridized carbons (Fsp3) is 0.615. The fourth-order valence-electron chi connectivity index (χ4n) is 2.63. The van der Waals surface area contributed by atoms with Gasteiger partial charge in [0.15, 0.2) is 0 Å². The zero-order valence-electron chi connectivity index (χ0n) is 12.2. The van der Waals surface area contributed by atoms with Crippen LogP contribution in [-0.2, 0) is 4.79 Å². The lowest BCUT2D eigenvalue weighted by atomic mass is 9.89. The first-order valence-corrected chi connectivity index (χ1v) is 6.75. The van der Waals surface area contributed by atoms with E-state index in [1.807, 2.05) is 6.92 Å². The van der Waals surface area contributed by atoms with E-state index in [1.165, 1.54) is 6.33 Å². The van der Waals surface area contributed by atoms with Gasteiger partial charge in [0.1, 0.15) is 18.0 Å². The molecule has 1 saturated heterocycles. The molecule has 2 heterocycles. The number of rotatable bonds is 4. The highest BCUT2D eigenvalue weighted by atomic mass is 16.1. The Balaban J connectivity index is 2.37. The molecule has 1 atom stereocenters.